The zero-order valence-electron chi connectivity index (χ0n) is 13.7. The molecule has 4 heteroatoms. The molecule has 0 spiro atoms. The van der Waals surface area contributed by atoms with Gasteiger partial charge in [0.25, 0.3) is 0 Å². The van der Waals surface area contributed by atoms with E-state index in [1.54, 1.807) is 0 Å². The summed E-state index contributed by atoms with van der Waals surface area (Å²) in [6, 6.07) is 6.19. The van der Waals surface area contributed by atoms with E-state index in [0.29, 0.717) is 12.5 Å². The number of rotatable bonds is 4. The second-order valence-corrected chi connectivity index (χ2v) is 6.25. The maximum Gasteiger partial charge on any atom is 0.433 e. The van der Waals surface area contributed by atoms with Gasteiger partial charge in [-0.15, -0.1) is 0 Å². The van der Waals surface area contributed by atoms with Gasteiger partial charge in [0, 0.05) is 6.54 Å². The molecule has 0 saturated carbocycles. The van der Waals surface area contributed by atoms with Crippen molar-refractivity contribution in [1.82, 2.24) is 5.32 Å². The van der Waals surface area contributed by atoms with Crippen LogP contribution in [0.1, 0.15) is 44.4 Å². The lowest BCUT2D eigenvalue weighted by Gasteiger charge is -2.16. The SMILES string of the molecule is CC(C)COC(=O)/N=C(\c1ccc2c(c1)C=CNC2)C(C)C. The summed E-state index contributed by atoms with van der Waals surface area (Å²) < 4.78 is 5.17. The summed E-state index contributed by atoms with van der Waals surface area (Å²) in [5.41, 5.74) is 4.15. The lowest BCUT2D eigenvalue weighted by atomic mass is 9.95. The molecule has 0 radical (unpaired) electrons. The van der Waals surface area contributed by atoms with Crippen LogP contribution < -0.4 is 5.32 Å². The molecular weight excluding hydrogens is 276 g/mol. The van der Waals surface area contributed by atoms with Crippen LogP contribution in [0.5, 0.6) is 0 Å². The van der Waals surface area contributed by atoms with E-state index in [9.17, 15) is 4.79 Å². The van der Waals surface area contributed by atoms with Crippen molar-refractivity contribution in [2.24, 2.45) is 16.8 Å². The van der Waals surface area contributed by atoms with Crippen molar-refractivity contribution >= 4 is 17.9 Å². The Labute approximate surface area is 132 Å². The first kappa shape index (κ1) is 16.3. The second-order valence-electron chi connectivity index (χ2n) is 6.25. The molecule has 1 aromatic rings. The monoisotopic (exact) mass is 300 g/mol. The molecule has 118 valence electrons. The Morgan fingerprint density at radius 2 is 2.09 bits per heavy atom. The molecule has 0 saturated heterocycles. The first-order valence-electron chi connectivity index (χ1n) is 7.76. The van der Waals surface area contributed by atoms with Gasteiger partial charge < -0.3 is 10.1 Å². The number of aliphatic imine (C=N–C) groups is 1. The van der Waals surface area contributed by atoms with Gasteiger partial charge in [-0.25, -0.2) is 4.79 Å². The number of benzene rings is 1. The van der Waals surface area contributed by atoms with Gasteiger partial charge in [0.1, 0.15) is 0 Å². The van der Waals surface area contributed by atoms with Gasteiger partial charge in [0.15, 0.2) is 0 Å². The molecule has 0 atom stereocenters. The first-order valence-corrected chi connectivity index (χ1v) is 7.76. The van der Waals surface area contributed by atoms with Crippen LogP contribution in [0.3, 0.4) is 0 Å². The molecular formula is C18H24N2O2. The summed E-state index contributed by atoms with van der Waals surface area (Å²) in [6.07, 6.45) is 3.47. The molecule has 1 heterocycles. The normalized spacial score (nSPS) is 14.0. The minimum absolute atomic E-state index is 0.148. The Bertz CT molecular complexity index is 601. The van der Waals surface area contributed by atoms with Crippen LogP contribution in [0.4, 0.5) is 4.79 Å². The van der Waals surface area contributed by atoms with Crippen LogP contribution in [0.15, 0.2) is 29.4 Å². The van der Waals surface area contributed by atoms with Crippen LogP contribution in [-0.2, 0) is 11.3 Å². The molecule has 1 aromatic carbocycles. The Kier molecular flexibility index (Phi) is 5.36. The standard InChI is InChI=1S/C18H24N2O2/c1-12(2)11-22-18(21)20-17(13(3)4)15-5-6-16-10-19-8-7-14(16)9-15/h5-9,12-13,19H,10-11H2,1-4H3/b20-17-. The Hall–Kier alpha value is -2.10. The molecule has 4 nitrogen and oxygen atoms in total. The van der Waals surface area contributed by atoms with Crippen LogP contribution in [0, 0.1) is 11.8 Å². The van der Waals surface area contributed by atoms with Gasteiger partial charge >= 0.3 is 6.09 Å². The lowest BCUT2D eigenvalue weighted by Crippen LogP contribution is -2.16. The second kappa shape index (κ2) is 7.25. The molecule has 0 aliphatic carbocycles. The van der Waals surface area contributed by atoms with Gasteiger partial charge in [0.2, 0.25) is 0 Å². The van der Waals surface area contributed by atoms with Crippen molar-refractivity contribution in [1.29, 1.82) is 0 Å². The fourth-order valence-corrected chi connectivity index (χ4v) is 2.28. The minimum atomic E-state index is -0.507. The molecule has 2 rings (SSSR count). The third-order valence-corrected chi connectivity index (χ3v) is 3.41. The molecule has 0 fully saturated rings. The van der Waals surface area contributed by atoms with Crippen molar-refractivity contribution in [2.45, 2.75) is 34.2 Å². The largest absolute Gasteiger partial charge is 0.448 e. The molecule has 1 aliphatic heterocycles. The molecule has 22 heavy (non-hydrogen) atoms. The average molecular weight is 300 g/mol. The van der Waals surface area contributed by atoms with E-state index < -0.39 is 6.09 Å². The molecule has 0 aromatic heterocycles. The number of ether oxygens (including phenoxy) is 1. The number of nitrogens with one attached hydrogen (secondary N) is 1. The number of nitrogens with zero attached hydrogens (tertiary/aromatic N) is 1. The number of carbonyl (C=O) groups is 1. The fourth-order valence-electron chi connectivity index (χ4n) is 2.28. The summed E-state index contributed by atoms with van der Waals surface area (Å²) in [5, 5.41) is 3.19. The van der Waals surface area contributed by atoms with Crippen LogP contribution >= 0.6 is 0 Å². The van der Waals surface area contributed by atoms with Crippen LogP contribution in [0.2, 0.25) is 0 Å². The molecule has 1 amide bonds. The topological polar surface area (TPSA) is 50.7 Å². The molecule has 1 aliphatic rings. The summed E-state index contributed by atoms with van der Waals surface area (Å²) >= 11 is 0. The Morgan fingerprint density at radius 3 is 2.77 bits per heavy atom. The summed E-state index contributed by atoms with van der Waals surface area (Å²) in [6.45, 7) is 9.30. The van der Waals surface area contributed by atoms with Crippen molar-refractivity contribution in [2.75, 3.05) is 6.61 Å². The van der Waals surface area contributed by atoms with Crippen LogP contribution in [-0.4, -0.2) is 18.4 Å². The van der Waals surface area contributed by atoms with Crippen molar-refractivity contribution in [3.63, 3.8) is 0 Å². The highest BCUT2D eigenvalue weighted by Gasteiger charge is 2.14. The summed E-state index contributed by atoms with van der Waals surface area (Å²) in [4.78, 5) is 16.1. The highest BCUT2D eigenvalue weighted by Crippen LogP contribution is 2.19. The predicted octanol–water partition coefficient (Wildman–Crippen LogP) is 4.00. The predicted molar refractivity (Wildman–Crippen MR) is 89.9 cm³/mol. The van der Waals surface area contributed by atoms with E-state index >= 15 is 0 Å². The molecule has 0 bridgehead atoms. The number of hydrogen-bond acceptors (Lipinski definition) is 3. The highest BCUT2D eigenvalue weighted by molar-refractivity contribution is 6.06. The van der Waals surface area contributed by atoms with Gasteiger partial charge in [-0.2, -0.15) is 4.99 Å². The van der Waals surface area contributed by atoms with E-state index in [0.717, 1.165) is 17.8 Å². The summed E-state index contributed by atoms with van der Waals surface area (Å²) in [5.74, 6) is 0.457. The van der Waals surface area contributed by atoms with Gasteiger partial charge in [0.05, 0.1) is 12.3 Å². The van der Waals surface area contributed by atoms with E-state index in [1.807, 2.05) is 46.0 Å². The Morgan fingerprint density at radius 1 is 1.32 bits per heavy atom. The average Bonchev–Trinajstić information content (AvgIpc) is 2.49. The van der Waals surface area contributed by atoms with Gasteiger partial charge in [-0.3, -0.25) is 0 Å². The van der Waals surface area contributed by atoms with Crippen LogP contribution in [0.25, 0.3) is 6.08 Å². The number of fused-ring (bicyclic) bond motifs is 1. The quantitative estimate of drug-likeness (QED) is 0.855. The zero-order valence-corrected chi connectivity index (χ0v) is 13.7. The van der Waals surface area contributed by atoms with E-state index in [-0.39, 0.29) is 5.92 Å². The summed E-state index contributed by atoms with van der Waals surface area (Å²) in [7, 11) is 0. The minimum Gasteiger partial charge on any atom is -0.448 e. The van der Waals surface area contributed by atoms with E-state index in [1.165, 1.54) is 11.1 Å². The third-order valence-electron chi connectivity index (χ3n) is 3.41. The van der Waals surface area contributed by atoms with Gasteiger partial charge in [-0.1, -0.05) is 39.8 Å². The molecule has 1 N–H and O–H groups in total. The van der Waals surface area contributed by atoms with Crippen molar-refractivity contribution in [3.8, 4) is 0 Å². The number of carbonyl (C=O) groups excluding carboxylic acids is 1. The van der Waals surface area contributed by atoms with Gasteiger partial charge in [-0.05, 0) is 46.9 Å². The zero-order chi connectivity index (χ0) is 16.1. The van der Waals surface area contributed by atoms with Crippen molar-refractivity contribution in [3.05, 3.63) is 41.1 Å². The fraction of sp³-hybridized carbons (Fsp3) is 0.444. The van der Waals surface area contributed by atoms with E-state index in [4.69, 9.17) is 4.74 Å². The van der Waals surface area contributed by atoms with E-state index in [2.05, 4.69) is 22.4 Å². The molecule has 0 unspecified atom stereocenters. The smallest absolute Gasteiger partial charge is 0.433 e. The highest BCUT2D eigenvalue weighted by atomic mass is 16.5. The maximum absolute atomic E-state index is 11.9. The van der Waals surface area contributed by atoms with Crippen molar-refractivity contribution < 1.29 is 9.53 Å². The lowest BCUT2D eigenvalue weighted by molar-refractivity contribution is 0.143. The maximum atomic E-state index is 11.9. The number of hydrogen-bond donors (Lipinski definition) is 1. The Balaban J connectivity index is 2.25. The first-order chi connectivity index (χ1) is 10.5. The third kappa shape index (κ3) is 4.20. The number of amides is 1.